The summed E-state index contributed by atoms with van der Waals surface area (Å²) in [5.41, 5.74) is 0.563. The van der Waals surface area contributed by atoms with Crippen LogP contribution in [0.1, 0.15) is 30.6 Å². The van der Waals surface area contributed by atoms with Gasteiger partial charge in [-0.15, -0.1) is 0 Å². The van der Waals surface area contributed by atoms with Crippen LogP contribution in [0.4, 0.5) is 4.79 Å². The van der Waals surface area contributed by atoms with E-state index in [0.717, 1.165) is 22.5 Å². The van der Waals surface area contributed by atoms with Gasteiger partial charge in [0.1, 0.15) is 18.3 Å². The molecule has 0 aliphatic carbocycles. The number of benzene rings is 3. The summed E-state index contributed by atoms with van der Waals surface area (Å²) in [6.07, 6.45) is -1.12. The quantitative estimate of drug-likeness (QED) is 0.464. The number of carbonyl (C=O) groups is 3. The number of amides is 2. The van der Waals surface area contributed by atoms with E-state index >= 15 is 0 Å². The first-order valence-electron chi connectivity index (χ1n) is 11.3. The second-order valence-electron chi connectivity index (χ2n) is 8.87. The van der Waals surface area contributed by atoms with E-state index in [0.29, 0.717) is 17.7 Å². The van der Waals surface area contributed by atoms with Crippen LogP contribution in [0.2, 0.25) is 0 Å². The predicted octanol–water partition coefficient (Wildman–Crippen LogP) is 5.61. The number of thioether (sulfide) groups is 1. The lowest BCUT2D eigenvalue weighted by Gasteiger charge is -2.31. The normalized spacial score (nSPS) is 22.9. The number of carbonyl (C=O) groups excluding carboxylic acids is 2. The summed E-state index contributed by atoms with van der Waals surface area (Å²) < 4.78 is 5.47. The second-order valence-corrected chi connectivity index (χ2v) is 9.86. The Morgan fingerprint density at radius 2 is 1.71 bits per heavy atom. The van der Waals surface area contributed by atoms with Gasteiger partial charge in [-0.25, -0.2) is 4.79 Å². The number of carboxylic acid groups (broad SMARTS) is 1. The third-order valence-corrected chi connectivity index (χ3v) is 7.67. The van der Waals surface area contributed by atoms with Crippen molar-refractivity contribution in [1.82, 2.24) is 0 Å². The third kappa shape index (κ3) is 4.72. The van der Waals surface area contributed by atoms with Crippen molar-refractivity contribution in [2.24, 2.45) is 5.92 Å². The molecule has 34 heavy (non-hydrogen) atoms. The fraction of sp³-hybridized carbons (Fsp3) is 0.296. The van der Waals surface area contributed by atoms with Gasteiger partial charge in [0.15, 0.2) is 6.10 Å². The van der Waals surface area contributed by atoms with E-state index < -0.39 is 34.5 Å². The minimum absolute atomic E-state index is 0.0593. The lowest BCUT2D eigenvalue weighted by Crippen LogP contribution is -2.61. The summed E-state index contributed by atoms with van der Waals surface area (Å²) in [4.78, 5) is 38.3. The number of quaternary nitrogens is 1. The Balaban J connectivity index is 1.46. The number of imide groups is 1. The van der Waals surface area contributed by atoms with Gasteiger partial charge >= 0.3 is 12.0 Å². The van der Waals surface area contributed by atoms with Crippen LogP contribution < -0.4 is 4.74 Å². The van der Waals surface area contributed by atoms with Gasteiger partial charge in [0.2, 0.25) is 5.12 Å². The zero-order chi connectivity index (χ0) is 24.3. The molecule has 4 rings (SSSR count). The molecule has 4 atom stereocenters. The predicted molar refractivity (Wildman–Crippen MR) is 133 cm³/mol. The molecule has 6 nitrogen and oxygen atoms in total. The number of nitrogens with zero attached hydrogens (tertiary/aromatic N) is 1. The molecule has 0 aromatic heterocycles. The molecule has 1 aliphatic rings. The fourth-order valence-electron chi connectivity index (χ4n) is 4.65. The van der Waals surface area contributed by atoms with Gasteiger partial charge in [-0.05, 0) is 36.8 Å². The second kappa shape index (κ2) is 9.99. The van der Waals surface area contributed by atoms with Gasteiger partial charge in [0.25, 0.3) is 0 Å². The van der Waals surface area contributed by atoms with E-state index in [1.165, 1.54) is 0 Å². The van der Waals surface area contributed by atoms with Gasteiger partial charge in [0, 0.05) is 17.7 Å². The van der Waals surface area contributed by atoms with Gasteiger partial charge in [0.05, 0.1) is 5.92 Å². The van der Waals surface area contributed by atoms with Crippen LogP contribution in [0.15, 0.2) is 72.8 Å². The van der Waals surface area contributed by atoms with Crippen LogP contribution in [0.25, 0.3) is 10.8 Å². The molecule has 1 unspecified atom stereocenters. The van der Waals surface area contributed by atoms with Crippen LogP contribution in [0.5, 0.6) is 5.75 Å². The van der Waals surface area contributed by atoms with Gasteiger partial charge in [-0.1, -0.05) is 72.4 Å². The minimum Gasteiger partial charge on any atom is -0.484 e. The molecule has 0 bridgehead atoms. The zero-order valence-corrected chi connectivity index (χ0v) is 20.0. The largest absolute Gasteiger partial charge is 0.521 e. The van der Waals surface area contributed by atoms with Crippen molar-refractivity contribution < 1.29 is 28.7 Å². The van der Waals surface area contributed by atoms with E-state index in [-0.39, 0.29) is 17.4 Å². The van der Waals surface area contributed by atoms with Gasteiger partial charge in [-0.3, -0.25) is 4.79 Å². The molecule has 1 N–H and O–H groups in total. The number of hydrogen-bond acceptors (Lipinski definition) is 5. The van der Waals surface area contributed by atoms with Crippen LogP contribution in [-0.2, 0) is 4.79 Å². The molecule has 1 saturated heterocycles. The van der Waals surface area contributed by atoms with Crippen LogP contribution in [0.3, 0.4) is 0 Å². The molecular formula is C27H28NO5S+. The van der Waals surface area contributed by atoms with E-state index in [2.05, 4.69) is 0 Å². The zero-order valence-electron chi connectivity index (χ0n) is 19.2. The number of likely N-dealkylation sites (tertiary alicyclic amines) is 1. The molecule has 2 amide bonds. The van der Waals surface area contributed by atoms with E-state index in [4.69, 9.17) is 4.74 Å². The number of hydrogen-bond donors (Lipinski definition) is 1. The monoisotopic (exact) mass is 478 g/mol. The lowest BCUT2D eigenvalue weighted by molar-refractivity contribution is -0.795. The Kier molecular flexibility index (Phi) is 7.05. The summed E-state index contributed by atoms with van der Waals surface area (Å²) in [5, 5.41) is 12.2. The Morgan fingerprint density at radius 3 is 2.41 bits per heavy atom. The van der Waals surface area contributed by atoms with Crippen molar-refractivity contribution in [3.05, 3.63) is 78.4 Å². The standard InChI is InChI=1S/C27H27NO5S/c1-18(17-34-26(30)21-9-4-3-5-10-21)25(29)28(27(31)32)16-24(14-19(28)2)33-23-13-12-20-8-6-7-11-22(20)15-23/h3-13,15,18-19,24H,14,16-17H2,1-2H3/p+1/t18?,19-,24-,28-/m1/s1. The van der Waals surface area contributed by atoms with Crippen LogP contribution in [-0.4, -0.2) is 51.1 Å². The molecule has 1 fully saturated rings. The molecule has 0 saturated carbocycles. The minimum atomic E-state index is -1.17. The maximum Gasteiger partial charge on any atom is 0.521 e. The highest BCUT2D eigenvalue weighted by Crippen LogP contribution is 2.34. The van der Waals surface area contributed by atoms with Gasteiger partial charge < -0.3 is 9.84 Å². The molecule has 176 valence electrons. The van der Waals surface area contributed by atoms with E-state index in [1.807, 2.05) is 48.5 Å². The Bertz CT molecular complexity index is 1210. The maximum absolute atomic E-state index is 13.5. The summed E-state index contributed by atoms with van der Waals surface area (Å²) in [6.45, 7) is 3.54. The molecule has 0 spiro atoms. The Hall–Kier alpha value is -3.16. The average Bonchev–Trinajstić information content (AvgIpc) is 3.18. The highest BCUT2D eigenvalue weighted by molar-refractivity contribution is 8.14. The third-order valence-electron chi connectivity index (χ3n) is 6.50. The van der Waals surface area contributed by atoms with Crippen molar-refractivity contribution in [1.29, 1.82) is 0 Å². The Labute approximate surface area is 203 Å². The molecule has 3 aromatic rings. The number of rotatable bonds is 6. The first-order chi connectivity index (χ1) is 16.3. The van der Waals surface area contributed by atoms with Crippen molar-refractivity contribution in [2.75, 3.05) is 12.3 Å². The number of ether oxygens (including phenoxy) is 1. The van der Waals surface area contributed by atoms with E-state index in [1.54, 1.807) is 38.1 Å². The smallest absolute Gasteiger partial charge is 0.484 e. The first kappa shape index (κ1) is 24.0. The van der Waals surface area contributed by atoms with Crippen molar-refractivity contribution in [2.45, 2.75) is 32.4 Å². The molecule has 1 heterocycles. The number of fused-ring (bicyclic) bond motifs is 1. The Morgan fingerprint density at radius 1 is 1.03 bits per heavy atom. The highest BCUT2D eigenvalue weighted by atomic mass is 32.2. The molecule has 0 radical (unpaired) electrons. The summed E-state index contributed by atoms with van der Waals surface area (Å²) in [7, 11) is 0. The van der Waals surface area contributed by atoms with Gasteiger partial charge in [-0.2, -0.15) is 9.28 Å². The highest BCUT2D eigenvalue weighted by Gasteiger charge is 2.58. The van der Waals surface area contributed by atoms with Crippen molar-refractivity contribution in [3.8, 4) is 5.75 Å². The van der Waals surface area contributed by atoms with E-state index in [9.17, 15) is 19.5 Å². The molecular weight excluding hydrogens is 450 g/mol. The summed E-state index contributed by atoms with van der Waals surface area (Å²) >= 11 is 1.05. The first-order valence-corrected chi connectivity index (χ1v) is 12.3. The molecule has 7 heteroatoms. The topological polar surface area (TPSA) is 80.7 Å². The van der Waals surface area contributed by atoms with Crippen molar-refractivity contribution >= 4 is 39.7 Å². The van der Waals surface area contributed by atoms with Crippen LogP contribution in [0, 0.1) is 5.92 Å². The maximum atomic E-state index is 13.5. The lowest BCUT2D eigenvalue weighted by atomic mass is 10.1. The van der Waals surface area contributed by atoms with Crippen LogP contribution >= 0.6 is 11.8 Å². The SMILES string of the molecule is CC(CSC(=O)c1ccccc1)C(=O)[N@@+]1(C(=O)O)C[C@H](Oc2ccc3ccccc3c2)C[C@H]1C. The summed E-state index contributed by atoms with van der Waals surface area (Å²) in [5.74, 6) is -0.109. The fourth-order valence-corrected chi connectivity index (χ4v) is 5.49. The average molecular weight is 479 g/mol. The molecule has 3 aromatic carbocycles. The summed E-state index contributed by atoms with van der Waals surface area (Å²) in [6, 6.07) is 22.1. The van der Waals surface area contributed by atoms with Crippen molar-refractivity contribution in [3.63, 3.8) is 0 Å². The molecule has 1 aliphatic heterocycles.